The number of fused-ring (bicyclic) bond motifs is 1. The molecule has 0 aromatic heterocycles. The van der Waals surface area contributed by atoms with Crippen LogP contribution in [0.5, 0.6) is 0 Å². The lowest BCUT2D eigenvalue weighted by atomic mass is 9.94. The second-order valence-corrected chi connectivity index (χ2v) is 3.72. The van der Waals surface area contributed by atoms with Crippen LogP contribution in [0.2, 0.25) is 0 Å². The van der Waals surface area contributed by atoms with Gasteiger partial charge in [-0.1, -0.05) is 31.2 Å². The van der Waals surface area contributed by atoms with Crippen LogP contribution in [0.3, 0.4) is 0 Å². The fraction of sp³-hybridized carbons (Fsp3) is 0.455. The van der Waals surface area contributed by atoms with E-state index in [-0.39, 0.29) is 0 Å². The number of benzene rings is 1. The highest BCUT2D eigenvalue weighted by atomic mass is 14.6. The number of hydrogen-bond acceptors (Lipinski definition) is 1. The van der Waals surface area contributed by atoms with E-state index in [0.29, 0.717) is 5.92 Å². The van der Waals surface area contributed by atoms with Gasteiger partial charge in [-0.25, -0.2) is 0 Å². The van der Waals surface area contributed by atoms with Gasteiger partial charge < -0.3 is 5.73 Å². The van der Waals surface area contributed by atoms with Crippen molar-refractivity contribution in [1.82, 2.24) is 0 Å². The molecular weight excluding hydrogens is 146 g/mol. The Morgan fingerprint density at radius 1 is 1.42 bits per heavy atom. The molecule has 1 unspecified atom stereocenters. The third-order valence-electron chi connectivity index (χ3n) is 2.94. The van der Waals surface area contributed by atoms with Gasteiger partial charge in [-0.3, -0.25) is 0 Å². The summed E-state index contributed by atoms with van der Waals surface area (Å²) in [5, 5.41) is 0. The molecule has 1 aliphatic carbocycles. The summed E-state index contributed by atoms with van der Waals surface area (Å²) in [5.74, 6) is 1.33. The normalized spacial score (nSPS) is 27.2. The molecule has 2 atom stereocenters. The van der Waals surface area contributed by atoms with Gasteiger partial charge in [0.1, 0.15) is 0 Å². The standard InChI is InChI=1S/C11H15N/c1-8-6-9-4-2-3-5-10(9)11(8)7-12/h2-5,8,11H,6-7,12H2,1H3/t8?,11-/m0/s1. The smallest absolute Gasteiger partial charge is 0.000545 e. The Morgan fingerprint density at radius 2 is 2.17 bits per heavy atom. The summed E-state index contributed by atoms with van der Waals surface area (Å²) in [4.78, 5) is 0. The van der Waals surface area contributed by atoms with Gasteiger partial charge in [-0.05, 0) is 35.9 Å². The highest BCUT2D eigenvalue weighted by Gasteiger charge is 2.27. The van der Waals surface area contributed by atoms with Crippen LogP contribution in [-0.4, -0.2) is 6.54 Å². The average Bonchev–Trinajstić information content (AvgIpc) is 2.40. The van der Waals surface area contributed by atoms with E-state index in [4.69, 9.17) is 5.73 Å². The first-order valence-corrected chi connectivity index (χ1v) is 4.61. The van der Waals surface area contributed by atoms with Crippen LogP contribution in [0.4, 0.5) is 0 Å². The monoisotopic (exact) mass is 161 g/mol. The zero-order valence-electron chi connectivity index (χ0n) is 7.46. The Kier molecular flexibility index (Phi) is 1.89. The highest BCUT2D eigenvalue weighted by Crippen LogP contribution is 2.36. The zero-order chi connectivity index (χ0) is 8.55. The van der Waals surface area contributed by atoms with E-state index in [9.17, 15) is 0 Å². The van der Waals surface area contributed by atoms with Gasteiger partial charge in [-0.15, -0.1) is 0 Å². The molecule has 0 bridgehead atoms. The third kappa shape index (κ3) is 1.05. The Labute approximate surface area is 73.6 Å². The molecule has 2 rings (SSSR count). The molecule has 1 heteroatoms. The van der Waals surface area contributed by atoms with E-state index in [1.54, 1.807) is 0 Å². The maximum Gasteiger partial charge on any atom is -0.000545 e. The van der Waals surface area contributed by atoms with Gasteiger partial charge in [0.15, 0.2) is 0 Å². The summed E-state index contributed by atoms with van der Waals surface area (Å²) in [6.07, 6.45) is 1.21. The Balaban J connectivity index is 2.40. The van der Waals surface area contributed by atoms with Crippen LogP contribution in [0.1, 0.15) is 24.0 Å². The van der Waals surface area contributed by atoms with Crippen LogP contribution >= 0.6 is 0 Å². The fourth-order valence-corrected chi connectivity index (χ4v) is 2.24. The lowest BCUT2D eigenvalue weighted by molar-refractivity contribution is 0.506. The molecule has 64 valence electrons. The van der Waals surface area contributed by atoms with Crippen molar-refractivity contribution >= 4 is 0 Å². The molecule has 0 heterocycles. The zero-order valence-corrected chi connectivity index (χ0v) is 7.46. The predicted molar refractivity (Wildman–Crippen MR) is 51.1 cm³/mol. The lowest BCUT2D eigenvalue weighted by Crippen LogP contribution is -2.15. The number of nitrogens with two attached hydrogens (primary N) is 1. The minimum absolute atomic E-state index is 0.598. The van der Waals surface area contributed by atoms with Gasteiger partial charge in [0.05, 0.1) is 0 Å². The topological polar surface area (TPSA) is 26.0 Å². The summed E-state index contributed by atoms with van der Waals surface area (Å²) < 4.78 is 0. The van der Waals surface area contributed by atoms with Crippen LogP contribution < -0.4 is 5.73 Å². The van der Waals surface area contributed by atoms with E-state index < -0.39 is 0 Å². The Hall–Kier alpha value is -0.820. The van der Waals surface area contributed by atoms with E-state index >= 15 is 0 Å². The quantitative estimate of drug-likeness (QED) is 0.669. The SMILES string of the molecule is CC1Cc2ccccc2[C@H]1CN. The van der Waals surface area contributed by atoms with Crippen molar-refractivity contribution < 1.29 is 0 Å². The van der Waals surface area contributed by atoms with Crippen molar-refractivity contribution in [3.05, 3.63) is 35.4 Å². The molecule has 0 spiro atoms. The van der Waals surface area contributed by atoms with Crippen molar-refractivity contribution in [3.63, 3.8) is 0 Å². The first-order chi connectivity index (χ1) is 5.83. The van der Waals surface area contributed by atoms with Crippen molar-refractivity contribution in [2.75, 3.05) is 6.54 Å². The molecule has 1 aromatic rings. The highest BCUT2D eigenvalue weighted by molar-refractivity contribution is 5.36. The van der Waals surface area contributed by atoms with Gasteiger partial charge in [-0.2, -0.15) is 0 Å². The maximum absolute atomic E-state index is 5.74. The minimum Gasteiger partial charge on any atom is -0.330 e. The van der Waals surface area contributed by atoms with Gasteiger partial charge in [0.2, 0.25) is 0 Å². The maximum atomic E-state index is 5.74. The van der Waals surface area contributed by atoms with Crippen LogP contribution in [-0.2, 0) is 6.42 Å². The number of rotatable bonds is 1. The van der Waals surface area contributed by atoms with E-state index in [1.165, 1.54) is 17.5 Å². The molecule has 0 saturated heterocycles. The fourth-order valence-electron chi connectivity index (χ4n) is 2.24. The predicted octanol–water partition coefficient (Wildman–Crippen LogP) is 1.92. The average molecular weight is 161 g/mol. The van der Waals surface area contributed by atoms with E-state index in [2.05, 4.69) is 31.2 Å². The second kappa shape index (κ2) is 2.91. The first kappa shape index (κ1) is 7.81. The van der Waals surface area contributed by atoms with E-state index in [1.807, 2.05) is 0 Å². The van der Waals surface area contributed by atoms with Gasteiger partial charge >= 0.3 is 0 Å². The summed E-state index contributed by atoms with van der Waals surface area (Å²) in [6, 6.07) is 8.67. The largest absolute Gasteiger partial charge is 0.330 e. The molecule has 0 aliphatic heterocycles. The molecule has 0 fully saturated rings. The molecule has 0 radical (unpaired) electrons. The van der Waals surface area contributed by atoms with Crippen LogP contribution in [0.15, 0.2) is 24.3 Å². The third-order valence-corrected chi connectivity index (χ3v) is 2.94. The lowest BCUT2D eigenvalue weighted by Gasteiger charge is -2.12. The summed E-state index contributed by atoms with van der Waals surface area (Å²) >= 11 is 0. The molecular formula is C11H15N. The minimum atomic E-state index is 0.598. The van der Waals surface area contributed by atoms with Gasteiger partial charge in [0.25, 0.3) is 0 Å². The molecule has 0 amide bonds. The second-order valence-electron chi connectivity index (χ2n) is 3.72. The molecule has 12 heavy (non-hydrogen) atoms. The Morgan fingerprint density at radius 3 is 2.92 bits per heavy atom. The van der Waals surface area contributed by atoms with Crippen LogP contribution in [0, 0.1) is 5.92 Å². The summed E-state index contributed by atoms with van der Waals surface area (Å²) in [5.41, 5.74) is 8.72. The van der Waals surface area contributed by atoms with Crippen molar-refractivity contribution in [1.29, 1.82) is 0 Å². The molecule has 0 saturated carbocycles. The van der Waals surface area contributed by atoms with Crippen molar-refractivity contribution in [2.45, 2.75) is 19.3 Å². The molecule has 1 aliphatic rings. The summed E-state index contributed by atoms with van der Waals surface area (Å²) in [7, 11) is 0. The molecule has 2 N–H and O–H groups in total. The summed E-state index contributed by atoms with van der Waals surface area (Å²) in [6.45, 7) is 3.08. The van der Waals surface area contributed by atoms with Crippen molar-refractivity contribution in [3.8, 4) is 0 Å². The van der Waals surface area contributed by atoms with Gasteiger partial charge in [0, 0.05) is 0 Å². The first-order valence-electron chi connectivity index (χ1n) is 4.61. The molecule has 1 nitrogen and oxygen atoms in total. The van der Waals surface area contributed by atoms with Crippen LogP contribution in [0.25, 0.3) is 0 Å². The van der Waals surface area contributed by atoms with Crippen molar-refractivity contribution in [2.24, 2.45) is 11.7 Å². The Bertz CT molecular complexity index is 280. The number of hydrogen-bond donors (Lipinski definition) is 1. The van der Waals surface area contributed by atoms with E-state index in [0.717, 1.165) is 12.5 Å². The molecule has 1 aromatic carbocycles.